The summed E-state index contributed by atoms with van der Waals surface area (Å²) in [5, 5.41) is 11.2. The van der Waals surface area contributed by atoms with Crippen LogP contribution in [0.3, 0.4) is 0 Å². The summed E-state index contributed by atoms with van der Waals surface area (Å²) in [5.74, 6) is 3.16. The summed E-state index contributed by atoms with van der Waals surface area (Å²) in [5.41, 5.74) is 5.11. The Kier molecular flexibility index (Phi) is 7.12. The Morgan fingerprint density at radius 2 is 1.65 bits per heavy atom. The molecule has 3 heteroatoms. The second kappa shape index (κ2) is 10.1. The second-order valence-electron chi connectivity index (χ2n) is 12.0. The van der Waals surface area contributed by atoms with Crippen LogP contribution in [-0.4, -0.2) is 24.4 Å². The van der Waals surface area contributed by atoms with Crippen LogP contribution in [0.2, 0.25) is 0 Å². The SMILES string of the molecule is CC1c2ccc(OCC3=C(O)C(COC4CCCCC4)=CC(C4CCCCC4)C3)cc2C1(C)C. The fraction of sp³-hybridized carbons (Fsp3) is 0.677. The minimum atomic E-state index is 0.208. The van der Waals surface area contributed by atoms with E-state index >= 15 is 0 Å². The fourth-order valence-electron chi connectivity index (χ4n) is 6.83. The molecule has 2 unspecified atom stereocenters. The smallest absolute Gasteiger partial charge is 0.123 e. The van der Waals surface area contributed by atoms with Gasteiger partial charge in [0, 0.05) is 11.1 Å². The average molecular weight is 465 g/mol. The lowest BCUT2D eigenvalue weighted by Gasteiger charge is -2.45. The molecule has 2 saturated carbocycles. The van der Waals surface area contributed by atoms with Crippen molar-refractivity contribution >= 4 is 0 Å². The Balaban J connectivity index is 1.30. The van der Waals surface area contributed by atoms with Crippen LogP contribution in [0.5, 0.6) is 5.75 Å². The molecule has 2 fully saturated rings. The van der Waals surface area contributed by atoms with E-state index in [1.54, 1.807) is 0 Å². The van der Waals surface area contributed by atoms with Gasteiger partial charge in [0.05, 0.1) is 12.7 Å². The molecule has 0 heterocycles. The zero-order valence-corrected chi connectivity index (χ0v) is 21.6. The normalized spacial score (nSPS) is 27.7. The number of hydrogen-bond donors (Lipinski definition) is 1. The Morgan fingerprint density at radius 3 is 2.38 bits per heavy atom. The van der Waals surface area contributed by atoms with Gasteiger partial charge in [-0.15, -0.1) is 0 Å². The molecular formula is C31H44O3. The second-order valence-corrected chi connectivity index (χ2v) is 12.0. The molecule has 4 aliphatic carbocycles. The third-order valence-corrected chi connectivity index (χ3v) is 9.50. The molecule has 4 aliphatic rings. The van der Waals surface area contributed by atoms with Crippen LogP contribution in [0, 0.1) is 11.8 Å². The molecule has 5 rings (SSSR count). The zero-order valence-electron chi connectivity index (χ0n) is 21.6. The Labute approximate surface area is 206 Å². The first-order valence-electron chi connectivity index (χ1n) is 13.9. The summed E-state index contributed by atoms with van der Waals surface area (Å²) < 4.78 is 12.6. The maximum Gasteiger partial charge on any atom is 0.123 e. The number of ether oxygens (including phenoxy) is 2. The van der Waals surface area contributed by atoms with Crippen molar-refractivity contribution in [1.82, 2.24) is 0 Å². The maximum absolute atomic E-state index is 11.2. The first-order valence-corrected chi connectivity index (χ1v) is 13.9. The number of hydrogen-bond acceptors (Lipinski definition) is 3. The third kappa shape index (κ3) is 4.83. The molecule has 0 aromatic heterocycles. The fourth-order valence-corrected chi connectivity index (χ4v) is 6.83. The minimum absolute atomic E-state index is 0.208. The predicted molar refractivity (Wildman–Crippen MR) is 139 cm³/mol. The first kappa shape index (κ1) is 24.0. The Hall–Kier alpha value is -1.74. The van der Waals surface area contributed by atoms with Crippen molar-refractivity contribution in [3.8, 4) is 5.75 Å². The molecule has 0 aliphatic heterocycles. The summed E-state index contributed by atoms with van der Waals surface area (Å²) >= 11 is 0. The standard InChI is InChI=1S/C31H44O3/c1-21-28-15-14-27(18-29(28)31(21,2)3)34-20-25-17-23(22-10-6-4-7-11-22)16-24(30(25)32)19-33-26-12-8-5-9-13-26/h14-16,18,21-23,26,32H,4-13,17,19-20H2,1-3H3. The Bertz CT molecular complexity index is 928. The highest BCUT2D eigenvalue weighted by Gasteiger charge is 2.41. The molecular weight excluding hydrogens is 420 g/mol. The van der Waals surface area contributed by atoms with E-state index in [1.807, 2.05) is 0 Å². The zero-order chi connectivity index (χ0) is 23.7. The van der Waals surface area contributed by atoms with Gasteiger partial charge < -0.3 is 14.6 Å². The monoisotopic (exact) mass is 464 g/mol. The van der Waals surface area contributed by atoms with E-state index in [0.29, 0.717) is 36.9 Å². The molecule has 0 saturated heterocycles. The molecule has 0 amide bonds. The minimum Gasteiger partial charge on any atom is -0.508 e. The summed E-state index contributed by atoms with van der Waals surface area (Å²) in [4.78, 5) is 0. The van der Waals surface area contributed by atoms with Crippen LogP contribution in [-0.2, 0) is 10.2 Å². The van der Waals surface area contributed by atoms with E-state index < -0.39 is 0 Å². The molecule has 186 valence electrons. The molecule has 1 aromatic carbocycles. The van der Waals surface area contributed by atoms with Crippen molar-refractivity contribution in [1.29, 1.82) is 0 Å². The van der Waals surface area contributed by atoms with Gasteiger partial charge in [0.2, 0.25) is 0 Å². The quantitative estimate of drug-likeness (QED) is 0.442. The summed E-state index contributed by atoms with van der Waals surface area (Å²) in [6.45, 7) is 7.94. The van der Waals surface area contributed by atoms with Crippen LogP contribution in [0.4, 0.5) is 0 Å². The van der Waals surface area contributed by atoms with Gasteiger partial charge in [-0.2, -0.15) is 0 Å². The van der Waals surface area contributed by atoms with Gasteiger partial charge in [0.15, 0.2) is 0 Å². The van der Waals surface area contributed by atoms with E-state index in [2.05, 4.69) is 45.0 Å². The predicted octanol–water partition coefficient (Wildman–Crippen LogP) is 8.15. The molecule has 34 heavy (non-hydrogen) atoms. The third-order valence-electron chi connectivity index (χ3n) is 9.50. The van der Waals surface area contributed by atoms with Crippen LogP contribution in [0.25, 0.3) is 0 Å². The lowest BCUT2D eigenvalue weighted by Crippen LogP contribution is -2.36. The van der Waals surface area contributed by atoms with Crippen LogP contribution < -0.4 is 4.74 Å². The van der Waals surface area contributed by atoms with Crippen LogP contribution in [0.15, 0.2) is 41.2 Å². The van der Waals surface area contributed by atoms with E-state index in [1.165, 1.54) is 62.5 Å². The van der Waals surface area contributed by atoms with Crippen molar-refractivity contribution in [2.24, 2.45) is 11.8 Å². The van der Waals surface area contributed by atoms with Gasteiger partial charge in [-0.05, 0) is 78.5 Å². The molecule has 3 nitrogen and oxygen atoms in total. The van der Waals surface area contributed by atoms with Gasteiger partial charge in [-0.25, -0.2) is 0 Å². The van der Waals surface area contributed by atoms with E-state index in [4.69, 9.17) is 9.47 Å². The molecule has 1 N–H and O–H groups in total. The van der Waals surface area contributed by atoms with Gasteiger partial charge in [0.1, 0.15) is 18.1 Å². The van der Waals surface area contributed by atoms with Crippen molar-refractivity contribution < 1.29 is 14.6 Å². The lowest BCUT2D eigenvalue weighted by molar-refractivity contribution is 0.0408. The topological polar surface area (TPSA) is 38.7 Å². The highest BCUT2D eigenvalue weighted by molar-refractivity contribution is 5.51. The largest absolute Gasteiger partial charge is 0.508 e. The van der Waals surface area contributed by atoms with Crippen molar-refractivity contribution in [2.45, 2.75) is 109 Å². The summed E-state index contributed by atoms with van der Waals surface area (Å²) in [7, 11) is 0. The Morgan fingerprint density at radius 1 is 0.941 bits per heavy atom. The molecule has 0 spiro atoms. The number of benzene rings is 1. The van der Waals surface area contributed by atoms with Crippen molar-refractivity contribution in [2.75, 3.05) is 13.2 Å². The van der Waals surface area contributed by atoms with Gasteiger partial charge in [0.25, 0.3) is 0 Å². The van der Waals surface area contributed by atoms with Gasteiger partial charge in [-0.3, -0.25) is 0 Å². The number of aliphatic hydroxyl groups excluding tert-OH is 1. The highest BCUT2D eigenvalue weighted by atomic mass is 16.5. The van der Waals surface area contributed by atoms with E-state index in [-0.39, 0.29) is 5.41 Å². The number of rotatable bonds is 7. The van der Waals surface area contributed by atoms with Gasteiger partial charge >= 0.3 is 0 Å². The average Bonchev–Trinajstić information content (AvgIpc) is 2.88. The molecule has 0 bridgehead atoms. The van der Waals surface area contributed by atoms with Crippen molar-refractivity contribution in [3.05, 3.63) is 52.3 Å². The maximum atomic E-state index is 11.2. The summed E-state index contributed by atoms with van der Waals surface area (Å²) in [6.07, 6.45) is 16.5. The van der Waals surface area contributed by atoms with Crippen LogP contribution in [0.1, 0.15) is 108 Å². The van der Waals surface area contributed by atoms with E-state index in [0.717, 1.165) is 42.1 Å². The lowest BCUT2D eigenvalue weighted by atomic mass is 9.59. The van der Waals surface area contributed by atoms with Crippen molar-refractivity contribution in [3.63, 3.8) is 0 Å². The number of fused-ring (bicyclic) bond motifs is 1. The molecule has 1 aromatic rings. The number of aliphatic hydroxyl groups is 1. The van der Waals surface area contributed by atoms with Gasteiger partial charge in [-0.1, -0.05) is 71.4 Å². The summed E-state index contributed by atoms with van der Waals surface area (Å²) in [6, 6.07) is 6.55. The highest BCUT2D eigenvalue weighted by Crippen LogP contribution is 2.52. The van der Waals surface area contributed by atoms with Crippen LogP contribution >= 0.6 is 0 Å². The number of allylic oxidation sites excluding steroid dienone is 1. The van der Waals surface area contributed by atoms with E-state index in [9.17, 15) is 5.11 Å². The molecule has 0 radical (unpaired) electrons. The molecule has 2 atom stereocenters. The first-order chi connectivity index (χ1) is 16.4.